The highest BCUT2D eigenvalue weighted by molar-refractivity contribution is 6.32. The van der Waals surface area contributed by atoms with Gasteiger partial charge in [0.05, 0.1) is 29.6 Å². The van der Waals surface area contributed by atoms with Crippen LogP contribution in [-0.4, -0.2) is 22.7 Å². The molecule has 0 saturated carbocycles. The Balaban J connectivity index is 1.98. The molecule has 3 rings (SSSR count). The lowest BCUT2D eigenvalue weighted by Crippen LogP contribution is -2.07. The number of nitrogen functional groups attached to an aromatic ring is 1. The predicted octanol–water partition coefficient (Wildman–Crippen LogP) is 3.35. The van der Waals surface area contributed by atoms with Gasteiger partial charge < -0.3 is 10.5 Å². The Labute approximate surface area is 138 Å². The molecule has 0 saturated heterocycles. The van der Waals surface area contributed by atoms with E-state index >= 15 is 0 Å². The first-order valence-electron chi connectivity index (χ1n) is 6.89. The van der Waals surface area contributed by atoms with E-state index in [-0.39, 0.29) is 11.6 Å². The summed E-state index contributed by atoms with van der Waals surface area (Å²) in [5.74, 6) is 0.726. The fraction of sp³-hybridized carbons (Fsp3) is 0.0588. The van der Waals surface area contributed by atoms with Crippen molar-refractivity contribution in [3.8, 4) is 11.4 Å². The van der Waals surface area contributed by atoms with Gasteiger partial charge in [-0.2, -0.15) is 5.10 Å². The third-order valence-electron chi connectivity index (χ3n) is 3.48. The van der Waals surface area contributed by atoms with Gasteiger partial charge in [0, 0.05) is 5.56 Å². The third-order valence-corrected chi connectivity index (χ3v) is 3.80. The molecule has 0 aliphatic heterocycles. The van der Waals surface area contributed by atoms with Crippen LogP contribution in [0, 0.1) is 0 Å². The maximum Gasteiger partial charge on any atom is 0.198 e. The number of halogens is 1. The number of benzene rings is 2. The van der Waals surface area contributed by atoms with Crippen LogP contribution in [0.5, 0.6) is 5.75 Å². The molecule has 0 spiro atoms. The molecule has 0 atom stereocenters. The molecule has 0 fully saturated rings. The van der Waals surface area contributed by atoms with Crippen LogP contribution in [0.25, 0.3) is 5.69 Å². The summed E-state index contributed by atoms with van der Waals surface area (Å²) in [5.41, 5.74) is 7.56. The number of nitrogens with zero attached hydrogens (tertiary/aromatic N) is 2. The van der Waals surface area contributed by atoms with E-state index in [1.165, 1.54) is 10.9 Å². The van der Waals surface area contributed by atoms with Gasteiger partial charge in [-0.25, -0.2) is 4.68 Å². The van der Waals surface area contributed by atoms with Gasteiger partial charge in [-0.1, -0.05) is 23.7 Å². The monoisotopic (exact) mass is 327 g/mol. The molecule has 3 aromatic rings. The molecule has 5 nitrogen and oxygen atoms in total. The molecule has 116 valence electrons. The summed E-state index contributed by atoms with van der Waals surface area (Å²) < 4.78 is 6.54. The quantitative estimate of drug-likeness (QED) is 0.746. The molecule has 0 unspecified atom stereocenters. The molecular weight excluding hydrogens is 314 g/mol. The number of hydrogen-bond acceptors (Lipinski definition) is 4. The number of para-hydroxylation sites is 1. The second-order valence-electron chi connectivity index (χ2n) is 4.86. The van der Waals surface area contributed by atoms with E-state index < -0.39 is 0 Å². The summed E-state index contributed by atoms with van der Waals surface area (Å²) in [6.45, 7) is 0. The Bertz CT molecular complexity index is 857. The molecule has 0 aliphatic rings. The van der Waals surface area contributed by atoms with Crippen molar-refractivity contribution in [1.82, 2.24) is 9.78 Å². The molecule has 1 aromatic heterocycles. The first kappa shape index (κ1) is 15.1. The molecule has 0 radical (unpaired) electrons. The van der Waals surface area contributed by atoms with Crippen molar-refractivity contribution in [3.63, 3.8) is 0 Å². The van der Waals surface area contributed by atoms with Gasteiger partial charge in [0.1, 0.15) is 11.6 Å². The van der Waals surface area contributed by atoms with E-state index in [1.807, 2.05) is 12.1 Å². The van der Waals surface area contributed by atoms with Crippen molar-refractivity contribution in [2.24, 2.45) is 0 Å². The van der Waals surface area contributed by atoms with E-state index in [0.29, 0.717) is 27.6 Å². The van der Waals surface area contributed by atoms with Crippen LogP contribution in [0.2, 0.25) is 5.02 Å². The van der Waals surface area contributed by atoms with Crippen molar-refractivity contribution >= 4 is 23.2 Å². The number of anilines is 1. The smallest absolute Gasteiger partial charge is 0.198 e. The zero-order valence-corrected chi connectivity index (χ0v) is 13.1. The van der Waals surface area contributed by atoms with Gasteiger partial charge in [-0.3, -0.25) is 4.79 Å². The summed E-state index contributed by atoms with van der Waals surface area (Å²) in [4.78, 5) is 12.6. The third kappa shape index (κ3) is 2.78. The molecule has 2 aromatic carbocycles. The summed E-state index contributed by atoms with van der Waals surface area (Å²) in [6.07, 6.45) is 1.45. The average molecular weight is 328 g/mol. The summed E-state index contributed by atoms with van der Waals surface area (Å²) >= 11 is 6.15. The molecule has 1 heterocycles. The van der Waals surface area contributed by atoms with E-state index in [1.54, 1.807) is 43.5 Å². The fourth-order valence-corrected chi connectivity index (χ4v) is 2.46. The Morgan fingerprint density at radius 3 is 2.52 bits per heavy atom. The highest BCUT2D eigenvalue weighted by Gasteiger charge is 2.18. The van der Waals surface area contributed by atoms with Crippen LogP contribution in [0.4, 0.5) is 5.82 Å². The van der Waals surface area contributed by atoms with Crippen LogP contribution >= 0.6 is 11.6 Å². The summed E-state index contributed by atoms with van der Waals surface area (Å²) in [6, 6.07) is 14.0. The molecule has 0 aliphatic carbocycles. The second-order valence-corrected chi connectivity index (χ2v) is 5.27. The van der Waals surface area contributed by atoms with Gasteiger partial charge in [-0.05, 0) is 36.4 Å². The summed E-state index contributed by atoms with van der Waals surface area (Å²) in [5, 5.41) is 4.69. The number of rotatable bonds is 4. The lowest BCUT2D eigenvalue weighted by Gasteiger charge is -2.07. The molecule has 0 bridgehead atoms. The van der Waals surface area contributed by atoms with E-state index in [2.05, 4.69) is 5.10 Å². The highest BCUT2D eigenvalue weighted by Crippen LogP contribution is 2.25. The van der Waals surface area contributed by atoms with E-state index in [0.717, 1.165) is 0 Å². The van der Waals surface area contributed by atoms with Crippen molar-refractivity contribution in [2.45, 2.75) is 0 Å². The van der Waals surface area contributed by atoms with Crippen molar-refractivity contribution in [3.05, 3.63) is 70.9 Å². The number of carbonyl (C=O) groups excluding carboxylic acids is 1. The van der Waals surface area contributed by atoms with Crippen molar-refractivity contribution in [1.29, 1.82) is 0 Å². The zero-order valence-electron chi connectivity index (χ0n) is 12.4. The first-order chi connectivity index (χ1) is 11.1. The van der Waals surface area contributed by atoms with Crippen LogP contribution in [0.15, 0.2) is 54.7 Å². The number of carbonyl (C=O) groups is 1. The largest absolute Gasteiger partial charge is 0.497 e. The number of aromatic nitrogens is 2. The number of methoxy groups -OCH3 is 1. The Morgan fingerprint density at radius 2 is 1.87 bits per heavy atom. The second kappa shape index (κ2) is 6.14. The number of nitrogens with two attached hydrogens (primary N) is 1. The number of ether oxygens (including phenoxy) is 1. The summed E-state index contributed by atoms with van der Waals surface area (Å²) in [7, 11) is 1.57. The Kier molecular flexibility index (Phi) is 4.04. The predicted molar refractivity (Wildman–Crippen MR) is 89.4 cm³/mol. The van der Waals surface area contributed by atoms with Gasteiger partial charge in [0.2, 0.25) is 0 Å². The van der Waals surface area contributed by atoms with Crippen LogP contribution in [-0.2, 0) is 0 Å². The van der Waals surface area contributed by atoms with E-state index in [9.17, 15) is 4.79 Å². The topological polar surface area (TPSA) is 70.1 Å². The maximum atomic E-state index is 12.6. The zero-order chi connectivity index (χ0) is 16.4. The SMILES string of the molecule is COc1ccc(C(=O)c2cnn(-c3ccccc3Cl)c2N)cc1. The molecule has 0 amide bonds. The van der Waals surface area contributed by atoms with Gasteiger partial charge in [-0.15, -0.1) is 0 Å². The minimum absolute atomic E-state index is 0.205. The lowest BCUT2D eigenvalue weighted by molar-refractivity contribution is 0.103. The van der Waals surface area contributed by atoms with Gasteiger partial charge in [0.15, 0.2) is 5.78 Å². The van der Waals surface area contributed by atoms with Crippen molar-refractivity contribution in [2.75, 3.05) is 12.8 Å². The fourth-order valence-electron chi connectivity index (χ4n) is 2.25. The lowest BCUT2D eigenvalue weighted by atomic mass is 10.1. The Morgan fingerprint density at radius 1 is 1.17 bits per heavy atom. The number of hydrogen-bond donors (Lipinski definition) is 1. The van der Waals surface area contributed by atoms with Crippen LogP contribution in [0.3, 0.4) is 0 Å². The molecular formula is C17H14ClN3O2. The van der Waals surface area contributed by atoms with Gasteiger partial charge in [0.25, 0.3) is 0 Å². The standard InChI is InChI=1S/C17H14ClN3O2/c1-23-12-8-6-11(7-9-12)16(22)13-10-20-21(17(13)19)15-5-3-2-4-14(15)18/h2-10H,19H2,1H3. The minimum atomic E-state index is -0.205. The highest BCUT2D eigenvalue weighted by atomic mass is 35.5. The molecule has 2 N–H and O–H groups in total. The molecule has 23 heavy (non-hydrogen) atoms. The van der Waals surface area contributed by atoms with Crippen LogP contribution < -0.4 is 10.5 Å². The van der Waals surface area contributed by atoms with Crippen molar-refractivity contribution < 1.29 is 9.53 Å². The molecule has 6 heteroatoms. The first-order valence-corrected chi connectivity index (χ1v) is 7.26. The maximum absolute atomic E-state index is 12.6. The average Bonchev–Trinajstić information content (AvgIpc) is 2.96. The Hall–Kier alpha value is -2.79. The van der Waals surface area contributed by atoms with Crippen LogP contribution in [0.1, 0.15) is 15.9 Å². The normalized spacial score (nSPS) is 10.5. The number of ketones is 1. The minimum Gasteiger partial charge on any atom is -0.497 e. The van der Waals surface area contributed by atoms with E-state index in [4.69, 9.17) is 22.1 Å². The van der Waals surface area contributed by atoms with Gasteiger partial charge >= 0.3 is 0 Å².